The highest BCUT2D eigenvalue weighted by atomic mass is 16.3. The van der Waals surface area contributed by atoms with Crippen molar-refractivity contribution in [3.05, 3.63) is 84.1 Å². The maximum Gasteiger partial charge on any atom is 0.244 e. The number of benzene rings is 2. The molecule has 1 amide bonds. The van der Waals surface area contributed by atoms with Gasteiger partial charge in [0.05, 0.1) is 11.6 Å². The van der Waals surface area contributed by atoms with Gasteiger partial charge in [-0.05, 0) is 42.2 Å². The SMILES string of the molecule is O=C(/C=C/c1ccnc2ccccc12)NC(CCCO)c1ccccc1. The molecule has 0 fully saturated rings. The number of nitrogens with one attached hydrogen (secondary N) is 1. The first-order valence-electron chi connectivity index (χ1n) is 8.76. The van der Waals surface area contributed by atoms with Crippen molar-refractivity contribution >= 4 is 22.9 Å². The number of nitrogens with zero attached hydrogens (tertiary/aromatic N) is 1. The second kappa shape index (κ2) is 8.92. The van der Waals surface area contributed by atoms with E-state index in [0.717, 1.165) is 22.0 Å². The van der Waals surface area contributed by atoms with Gasteiger partial charge in [-0.25, -0.2) is 0 Å². The number of aromatic nitrogens is 1. The molecular formula is C22H22N2O2. The van der Waals surface area contributed by atoms with Crippen molar-refractivity contribution in [2.45, 2.75) is 18.9 Å². The first-order valence-corrected chi connectivity index (χ1v) is 8.76. The van der Waals surface area contributed by atoms with Gasteiger partial charge < -0.3 is 10.4 Å². The van der Waals surface area contributed by atoms with Gasteiger partial charge in [0.2, 0.25) is 5.91 Å². The summed E-state index contributed by atoms with van der Waals surface area (Å²) < 4.78 is 0. The Hall–Kier alpha value is -2.98. The summed E-state index contributed by atoms with van der Waals surface area (Å²) in [4.78, 5) is 16.8. The van der Waals surface area contributed by atoms with Crippen LogP contribution in [-0.4, -0.2) is 22.6 Å². The molecule has 1 aromatic heterocycles. The molecule has 0 saturated carbocycles. The van der Waals surface area contributed by atoms with Crippen molar-refractivity contribution in [2.24, 2.45) is 0 Å². The van der Waals surface area contributed by atoms with Crippen molar-refractivity contribution in [3.8, 4) is 0 Å². The van der Waals surface area contributed by atoms with E-state index in [9.17, 15) is 4.79 Å². The number of aliphatic hydroxyl groups is 1. The van der Waals surface area contributed by atoms with E-state index in [4.69, 9.17) is 5.11 Å². The molecule has 3 rings (SSSR count). The Morgan fingerprint density at radius 2 is 1.85 bits per heavy atom. The third kappa shape index (κ3) is 4.55. The fourth-order valence-electron chi connectivity index (χ4n) is 2.95. The van der Waals surface area contributed by atoms with Crippen LogP contribution >= 0.6 is 0 Å². The number of aliphatic hydroxyl groups excluding tert-OH is 1. The quantitative estimate of drug-likeness (QED) is 0.638. The number of carbonyl (C=O) groups is 1. The van der Waals surface area contributed by atoms with Gasteiger partial charge in [-0.3, -0.25) is 9.78 Å². The lowest BCUT2D eigenvalue weighted by atomic mass is 10.0. The predicted molar refractivity (Wildman–Crippen MR) is 104 cm³/mol. The van der Waals surface area contributed by atoms with Crippen molar-refractivity contribution < 1.29 is 9.90 Å². The third-order valence-electron chi connectivity index (χ3n) is 4.27. The molecule has 3 aromatic rings. The standard InChI is InChI=1S/C22H22N2O2/c25-16-6-11-20(18-7-2-1-3-8-18)24-22(26)13-12-17-14-15-23-21-10-5-4-9-19(17)21/h1-5,7-10,12-15,20,25H,6,11,16H2,(H,24,26)/b13-12+. The van der Waals surface area contributed by atoms with Gasteiger partial charge in [-0.1, -0.05) is 48.5 Å². The zero-order valence-electron chi connectivity index (χ0n) is 14.5. The zero-order chi connectivity index (χ0) is 18.2. The number of amides is 1. The first-order chi connectivity index (χ1) is 12.8. The summed E-state index contributed by atoms with van der Waals surface area (Å²) in [7, 11) is 0. The molecule has 0 aliphatic heterocycles. The number of para-hydroxylation sites is 1. The van der Waals surface area contributed by atoms with Crippen molar-refractivity contribution in [1.82, 2.24) is 10.3 Å². The Balaban J connectivity index is 1.74. The minimum atomic E-state index is -0.155. The van der Waals surface area contributed by atoms with Crippen LogP contribution in [0.5, 0.6) is 0 Å². The second-order valence-corrected chi connectivity index (χ2v) is 6.09. The Labute approximate surface area is 153 Å². The second-order valence-electron chi connectivity index (χ2n) is 6.09. The number of carbonyl (C=O) groups excluding carboxylic acids is 1. The molecular weight excluding hydrogens is 324 g/mol. The van der Waals surface area contributed by atoms with E-state index in [2.05, 4.69) is 10.3 Å². The van der Waals surface area contributed by atoms with E-state index < -0.39 is 0 Å². The zero-order valence-corrected chi connectivity index (χ0v) is 14.5. The fraction of sp³-hybridized carbons (Fsp3) is 0.182. The van der Waals surface area contributed by atoms with Crippen molar-refractivity contribution in [2.75, 3.05) is 6.61 Å². The van der Waals surface area contributed by atoms with Crippen LogP contribution < -0.4 is 5.32 Å². The summed E-state index contributed by atoms with van der Waals surface area (Å²) in [6, 6.07) is 19.5. The predicted octanol–water partition coefficient (Wildman–Crippen LogP) is 3.88. The smallest absolute Gasteiger partial charge is 0.244 e. The summed E-state index contributed by atoms with van der Waals surface area (Å²) in [5, 5.41) is 13.2. The molecule has 0 saturated heterocycles. The van der Waals surface area contributed by atoms with Crippen LogP contribution in [-0.2, 0) is 4.79 Å². The van der Waals surface area contributed by atoms with Gasteiger partial charge in [-0.2, -0.15) is 0 Å². The highest BCUT2D eigenvalue weighted by molar-refractivity contribution is 5.95. The Bertz CT molecular complexity index is 886. The highest BCUT2D eigenvalue weighted by Crippen LogP contribution is 2.19. The molecule has 4 heteroatoms. The first kappa shape index (κ1) is 17.8. The molecule has 0 aliphatic rings. The number of pyridine rings is 1. The summed E-state index contributed by atoms with van der Waals surface area (Å²) in [6.07, 6.45) is 6.44. The van der Waals surface area contributed by atoms with Crippen LogP contribution in [0.3, 0.4) is 0 Å². The molecule has 4 nitrogen and oxygen atoms in total. The van der Waals surface area contributed by atoms with Crippen LogP contribution in [0.25, 0.3) is 17.0 Å². The van der Waals surface area contributed by atoms with Gasteiger partial charge in [0.25, 0.3) is 0 Å². The highest BCUT2D eigenvalue weighted by Gasteiger charge is 2.12. The Morgan fingerprint density at radius 1 is 1.08 bits per heavy atom. The van der Waals surface area contributed by atoms with Gasteiger partial charge in [0.1, 0.15) is 0 Å². The fourth-order valence-corrected chi connectivity index (χ4v) is 2.95. The average molecular weight is 346 g/mol. The maximum atomic E-state index is 12.4. The third-order valence-corrected chi connectivity index (χ3v) is 4.27. The molecule has 2 aromatic carbocycles. The molecule has 0 aliphatic carbocycles. The summed E-state index contributed by atoms with van der Waals surface area (Å²) >= 11 is 0. The molecule has 0 radical (unpaired) electrons. The monoisotopic (exact) mass is 346 g/mol. The molecule has 0 bridgehead atoms. The molecule has 1 atom stereocenters. The molecule has 2 N–H and O–H groups in total. The number of hydrogen-bond donors (Lipinski definition) is 2. The molecule has 0 spiro atoms. The van der Waals surface area contributed by atoms with E-state index in [1.807, 2.05) is 66.7 Å². The van der Waals surface area contributed by atoms with Crippen LogP contribution in [0.15, 0.2) is 72.9 Å². The van der Waals surface area contributed by atoms with E-state index >= 15 is 0 Å². The molecule has 132 valence electrons. The Morgan fingerprint density at radius 3 is 2.65 bits per heavy atom. The minimum absolute atomic E-state index is 0.109. The lowest BCUT2D eigenvalue weighted by Crippen LogP contribution is -2.27. The number of hydrogen-bond acceptors (Lipinski definition) is 3. The van der Waals surface area contributed by atoms with Gasteiger partial charge in [0, 0.05) is 24.3 Å². The van der Waals surface area contributed by atoms with Crippen LogP contribution in [0, 0.1) is 0 Å². The molecule has 1 unspecified atom stereocenters. The van der Waals surface area contributed by atoms with Crippen LogP contribution in [0.1, 0.15) is 30.0 Å². The average Bonchev–Trinajstić information content (AvgIpc) is 2.70. The Kier molecular flexibility index (Phi) is 6.12. The lowest BCUT2D eigenvalue weighted by molar-refractivity contribution is -0.117. The van der Waals surface area contributed by atoms with Crippen molar-refractivity contribution in [1.29, 1.82) is 0 Å². The largest absolute Gasteiger partial charge is 0.396 e. The van der Waals surface area contributed by atoms with E-state index in [-0.39, 0.29) is 18.6 Å². The number of rotatable bonds is 7. The normalized spacial score (nSPS) is 12.3. The molecule has 1 heterocycles. The number of fused-ring (bicyclic) bond motifs is 1. The van der Waals surface area contributed by atoms with E-state index in [1.165, 1.54) is 0 Å². The van der Waals surface area contributed by atoms with E-state index in [1.54, 1.807) is 12.3 Å². The summed E-state index contributed by atoms with van der Waals surface area (Å²) in [5.74, 6) is -0.155. The molecule has 26 heavy (non-hydrogen) atoms. The topological polar surface area (TPSA) is 62.2 Å². The minimum Gasteiger partial charge on any atom is -0.396 e. The van der Waals surface area contributed by atoms with Crippen molar-refractivity contribution in [3.63, 3.8) is 0 Å². The maximum absolute atomic E-state index is 12.4. The lowest BCUT2D eigenvalue weighted by Gasteiger charge is -2.18. The van der Waals surface area contributed by atoms with Gasteiger partial charge >= 0.3 is 0 Å². The summed E-state index contributed by atoms with van der Waals surface area (Å²) in [6.45, 7) is 0.109. The van der Waals surface area contributed by atoms with Gasteiger partial charge in [-0.15, -0.1) is 0 Å². The van der Waals surface area contributed by atoms with Gasteiger partial charge in [0.15, 0.2) is 0 Å². The van der Waals surface area contributed by atoms with E-state index in [0.29, 0.717) is 12.8 Å². The van der Waals surface area contributed by atoms with Crippen LogP contribution in [0.4, 0.5) is 0 Å². The van der Waals surface area contributed by atoms with Crippen LogP contribution in [0.2, 0.25) is 0 Å². The summed E-state index contributed by atoms with van der Waals surface area (Å²) in [5.41, 5.74) is 2.90.